The maximum atomic E-state index is 12.2. The molecule has 3 rings (SSSR count). The van der Waals surface area contributed by atoms with E-state index in [1.54, 1.807) is 24.3 Å². The van der Waals surface area contributed by atoms with Crippen LogP contribution in [0.3, 0.4) is 0 Å². The van der Waals surface area contributed by atoms with Gasteiger partial charge in [0.15, 0.2) is 0 Å². The minimum Gasteiger partial charge on any atom is -0.372 e. The summed E-state index contributed by atoms with van der Waals surface area (Å²) < 4.78 is 24.8. The van der Waals surface area contributed by atoms with Crippen molar-refractivity contribution in [2.45, 2.75) is 19.4 Å². The maximum Gasteiger partial charge on any atom is 0.251 e. The summed E-state index contributed by atoms with van der Waals surface area (Å²) in [5, 5.41) is 2.88. The number of benzene rings is 2. The van der Waals surface area contributed by atoms with Crippen LogP contribution in [-0.4, -0.2) is 33.7 Å². The number of carbonyl (C=O) groups excluding carboxylic acids is 1. The number of nitrogens with one attached hydrogen (secondary N) is 2. The van der Waals surface area contributed by atoms with Gasteiger partial charge in [-0.15, -0.1) is 0 Å². The molecule has 2 aromatic rings. The van der Waals surface area contributed by atoms with Crippen LogP contribution in [0, 0.1) is 0 Å². The van der Waals surface area contributed by atoms with Gasteiger partial charge in [-0.25, -0.2) is 8.42 Å². The molecule has 7 heteroatoms. The van der Waals surface area contributed by atoms with E-state index in [4.69, 9.17) is 0 Å². The van der Waals surface area contributed by atoms with E-state index < -0.39 is 10.0 Å². The van der Waals surface area contributed by atoms with Gasteiger partial charge in [0.2, 0.25) is 10.0 Å². The topological polar surface area (TPSA) is 78.5 Å². The summed E-state index contributed by atoms with van der Waals surface area (Å²) in [4.78, 5) is 14.6. The maximum absolute atomic E-state index is 12.2. The lowest BCUT2D eigenvalue weighted by molar-refractivity contribution is 0.0951. The zero-order valence-corrected chi connectivity index (χ0v) is 15.6. The molecule has 0 unspecified atom stereocenters. The number of amides is 1. The van der Waals surface area contributed by atoms with Gasteiger partial charge < -0.3 is 10.2 Å². The van der Waals surface area contributed by atoms with Gasteiger partial charge in [-0.2, -0.15) is 0 Å². The van der Waals surface area contributed by atoms with Crippen molar-refractivity contribution in [2.24, 2.45) is 0 Å². The molecule has 1 aliphatic heterocycles. The molecule has 0 spiro atoms. The summed E-state index contributed by atoms with van der Waals surface area (Å²) in [7, 11) is -3.32. The molecule has 1 aliphatic rings. The number of anilines is 2. The highest BCUT2D eigenvalue weighted by molar-refractivity contribution is 7.92. The summed E-state index contributed by atoms with van der Waals surface area (Å²) in [5.74, 6) is -0.195. The van der Waals surface area contributed by atoms with E-state index in [1.165, 1.54) is 18.5 Å². The summed E-state index contributed by atoms with van der Waals surface area (Å²) >= 11 is 0. The Bertz CT molecular complexity index is 856. The average Bonchev–Trinajstić information content (AvgIpc) is 3.14. The predicted octanol–water partition coefficient (Wildman–Crippen LogP) is 2.59. The van der Waals surface area contributed by atoms with Crippen LogP contribution in [0.1, 0.15) is 28.8 Å². The van der Waals surface area contributed by atoms with E-state index in [9.17, 15) is 13.2 Å². The van der Waals surface area contributed by atoms with Crippen LogP contribution in [0.5, 0.6) is 0 Å². The molecule has 0 aliphatic carbocycles. The van der Waals surface area contributed by atoms with Gasteiger partial charge in [-0.1, -0.05) is 12.1 Å². The molecule has 2 N–H and O–H groups in total. The van der Waals surface area contributed by atoms with Crippen LogP contribution in [0.4, 0.5) is 11.4 Å². The predicted molar refractivity (Wildman–Crippen MR) is 104 cm³/mol. The molecule has 0 aromatic heterocycles. The van der Waals surface area contributed by atoms with Crippen LogP contribution in [0.25, 0.3) is 0 Å². The fraction of sp³-hybridized carbons (Fsp3) is 0.316. The standard InChI is InChI=1S/C19H23N3O3S/c1-26(24,25)21-17-8-6-16(7-9-17)19(23)20-14-15-4-10-18(11-5-15)22-12-2-3-13-22/h4-11,21H,2-3,12-14H2,1H3,(H,20,23). The van der Waals surface area contributed by atoms with E-state index >= 15 is 0 Å². The van der Waals surface area contributed by atoms with E-state index in [2.05, 4.69) is 27.1 Å². The molecule has 26 heavy (non-hydrogen) atoms. The third kappa shape index (κ3) is 4.98. The van der Waals surface area contributed by atoms with Crippen molar-refractivity contribution in [2.75, 3.05) is 29.0 Å². The first kappa shape index (κ1) is 18.3. The lowest BCUT2D eigenvalue weighted by atomic mass is 10.1. The molecule has 0 saturated carbocycles. The van der Waals surface area contributed by atoms with E-state index in [0.29, 0.717) is 17.8 Å². The Kier molecular flexibility index (Phi) is 5.46. The molecule has 138 valence electrons. The normalized spacial score (nSPS) is 14.3. The molecule has 0 atom stereocenters. The van der Waals surface area contributed by atoms with Crippen LogP contribution >= 0.6 is 0 Å². The fourth-order valence-electron chi connectivity index (χ4n) is 2.99. The molecular formula is C19H23N3O3S. The first-order chi connectivity index (χ1) is 12.4. The van der Waals surface area contributed by atoms with Crippen LogP contribution in [0.15, 0.2) is 48.5 Å². The molecular weight excluding hydrogens is 350 g/mol. The molecule has 1 heterocycles. The average molecular weight is 373 g/mol. The van der Waals surface area contributed by atoms with Crippen molar-refractivity contribution in [1.29, 1.82) is 0 Å². The zero-order valence-electron chi connectivity index (χ0n) is 14.7. The highest BCUT2D eigenvalue weighted by Gasteiger charge is 2.12. The Balaban J connectivity index is 1.54. The Morgan fingerprint density at radius 2 is 1.62 bits per heavy atom. The molecule has 0 bridgehead atoms. The molecule has 2 aromatic carbocycles. The first-order valence-corrected chi connectivity index (χ1v) is 10.5. The fourth-order valence-corrected chi connectivity index (χ4v) is 3.55. The second-order valence-electron chi connectivity index (χ2n) is 6.49. The summed E-state index contributed by atoms with van der Waals surface area (Å²) in [6.45, 7) is 2.67. The van der Waals surface area contributed by atoms with Crippen molar-refractivity contribution in [3.05, 3.63) is 59.7 Å². The molecule has 1 saturated heterocycles. The minimum absolute atomic E-state index is 0.195. The number of carbonyl (C=O) groups is 1. The third-order valence-electron chi connectivity index (χ3n) is 4.31. The molecule has 1 fully saturated rings. The molecule has 6 nitrogen and oxygen atoms in total. The van der Waals surface area contributed by atoms with Crippen molar-refractivity contribution < 1.29 is 13.2 Å². The van der Waals surface area contributed by atoms with E-state index in [1.807, 2.05) is 12.1 Å². The van der Waals surface area contributed by atoms with Gasteiger partial charge in [0, 0.05) is 36.6 Å². The van der Waals surface area contributed by atoms with Crippen molar-refractivity contribution in [3.8, 4) is 0 Å². The number of sulfonamides is 1. The van der Waals surface area contributed by atoms with Crippen LogP contribution in [-0.2, 0) is 16.6 Å². The Morgan fingerprint density at radius 1 is 1.00 bits per heavy atom. The Hall–Kier alpha value is -2.54. The van der Waals surface area contributed by atoms with Gasteiger partial charge in [0.25, 0.3) is 5.91 Å². The van der Waals surface area contributed by atoms with Gasteiger partial charge in [0.05, 0.1) is 6.26 Å². The van der Waals surface area contributed by atoms with Crippen molar-refractivity contribution in [3.63, 3.8) is 0 Å². The molecule has 0 radical (unpaired) electrons. The number of nitrogens with zero attached hydrogens (tertiary/aromatic N) is 1. The summed E-state index contributed by atoms with van der Waals surface area (Å²) in [5.41, 5.74) is 3.18. The SMILES string of the molecule is CS(=O)(=O)Nc1ccc(C(=O)NCc2ccc(N3CCCC3)cc2)cc1. The second kappa shape index (κ2) is 7.78. The summed E-state index contributed by atoms with van der Waals surface area (Å²) in [6, 6.07) is 14.6. The van der Waals surface area contributed by atoms with Crippen molar-refractivity contribution in [1.82, 2.24) is 5.32 Å². The Morgan fingerprint density at radius 3 is 2.19 bits per heavy atom. The first-order valence-electron chi connectivity index (χ1n) is 8.61. The van der Waals surface area contributed by atoms with Gasteiger partial charge in [0.1, 0.15) is 0 Å². The highest BCUT2D eigenvalue weighted by Crippen LogP contribution is 2.20. The van der Waals surface area contributed by atoms with Gasteiger partial charge in [-0.3, -0.25) is 9.52 Å². The van der Waals surface area contributed by atoms with Crippen LogP contribution in [0.2, 0.25) is 0 Å². The second-order valence-corrected chi connectivity index (χ2v) is 8.24. The number of rotatable bonds is 6. The zero-order chi connectivity index (χ0) is 18.6. The van der Waals surface area contributed by atoms with E-state index in [-0.39, 0.29) is 5.91 Å². The van der Waals surface area contributed by atoms with Crippen LogP contribution < -0.4 is 14.9 Å². The lowest BCUT2D eigenvalue weighted by Crippen LogP contribution is -2.23. The quantitative estimate of drug-likeness (QED) is 0.816. The lowest BCUT2D eigenvalue weighted by Gasteiger charge is -2.17. The Labute approximate surface area is 154 Å². The largest absolute Gasteiger partial charge is 0.372 e. The highest BCUT2D eigenvalue weighted by atomic mass is 32.2. The summed E-state index contributed by atoms with van der Waals surface area (Å²) in [6.07, 6.45) is 3.58. The molecule has 1 amide bonds. The van der Waals surface area contributed by atoms with Crippen molar-refractivity contribution >= 4 is 27.3 Å². The van der Waals surface area contributed by atoms with E-state index in [0.717, 1.165) is 24.9 Å². The number of hydrogen-bond donors (Lipinski definition) is 2. The minimum atomic E-state index is -3.32. The van der Waals surface area contributed by atoms with Gasteiger partial charge in [-0.05, 0) is 54.8 Å². The van der Waals surface area contributed by atoms with Gasteiger partial charge >= 0.3 is 0 Å². The monoisotopic (exact) mass is 373 g/mol. The smallest absolute Gasteiger partial charge is 0.251 e. The number of hydrogen-bond acceptors (Lipinski definition) is 4. The third-order valence-corrected chi connectivity index (χ3v) is 4.92.